The number of nitrogens with zero attached hydrogens (tertiary/aromatic N) is 2. The van der Waals surface area contributed by atoms with Crippen LogP contribution in [0.4, 0.5) is 0 Å². The number of hydrogen-bond acceptors (Lipinski definition) is 8. The number of amides is 1. The summed E-state index contributed by atoms with van der Waals surface area (Å²) in [5.41, 5.74) is 1.94. The van der Waals surface area contributed by atoms with Crippen molar-refractivity contribution in [1.29, 1.82) is 0 Å². The average Bonchev–Trinajstić information content (AvgIpc) is 2.88. The van der Waals surface area contributed by atoms with E-state index < -0.39 is 32.7 Å². The third kappa shape index (κ3) is 6.01. The number of ether oxygens (including phenoxy) is 1. The minimum Gasteiger partial charge on any atom is -0.507 e. The van der Waals surface area contributed by atoms with Gasteiger partial charge in [0.15, 0.2) is 6.04 Å². The van der Waals surface area contributed by atoms with Crippen molar-refractivity contribution in [1.82, 2.24) is 4.90 Å². The Morgan fingerprint density at radius 2 is 1.62 bits per heavy atom. The van der Waals surface area contributed by atoms with E-state index in [-0.39, 0.29) is 33.1 Å². The van der Waals surface area contributed by atoms with E-state index in [1.807, 2.05) is 60.6 Å². The number of aromatic hydroxyl groups is 1. The van der Waals surface area contributed by atoms with E-state index in [0.717, 1.165) is 22.3 Å². The largest absolute Gasteiger partial charge is 0.507 e. The van der Waals surface area contributed by atoms with Gasteiger partial charge in [0.25, 0.3) is 5.91 Å². The molecular weight excluding hydrogens is 572 g/mol. The van der Waals surface area contributed by atoms with Gasteiger partial charge in [-0.15, -0.1) is 11.8 Å². The highest BCUT2D eigenvalue weighted by atomic mass is 32.2. The maximum Gasteiger partial charge on any atom is 0.356 e. The molecule has 1 saturated heterocycles. The average molecular weight is 613 g/mol. The first-order valence-electron chi connectivity index (χ1n) is 13.9. The van der Waals surface area contributed by atoms with Gasteiger partial charge < -0.3 is 9.84 Å². The van der Waals surface area contributed by atoms with Crippen LogP contribution in [-0.2, 0) is 35.0 Å². The number of β-lactam (4-membered cyclic amide) rings is 1. The molecule has 1 amide bonds. The molecule has 10 heteroatoms. The van der Waals surface area contributed by atoms with Gasteiger partial charge in [-0.1, -0.05) is 59.2 Å². The lowest BCUT2D eigenvalue weighted by molar-refractivity contribution is -0.151. The van der Waals surface area contributed by atoms with E-state index in [1.54, 1.807) is 25.3 Å². The number of aliphatic imine (C=N–C) groups is 1. The zero-order valence-electron chi connectivity index (χ0n) is 25.7. The van der Waals surface area contributed by atoms with Crippen molar-refractivity contribution in [2.75, 3.05) is 5.75 Å². The molecule has 0 aliphatic carbocycles. The first-order valence-corrected chi connectivity index (χ1v) is 16.5. The van der Waals surface area contributed by atoms with Gasteiger partial charge >= 0.3 is 5.97 Å². The summed E-state index contributed by atoms with van der Waals surface area (Å²) in [5.74, 6) is -0.455. The minimum absolute atomic E-state index is 0.0593. The summed E-state index contributed by atoms with van der Waals surface area (Å²) >= 11 is 1.50. The molecule has 1 fully saturated rings. The molecule has 2 aliphatic heterocycles. The first-order chi connectivity index (χ1) is 19.3. The number of phenolic OH excluding ortho intramolecular Hbond substituents is 1. The van der Waals surface area contributed by atoms with E-state index >= 15 is 0 Å². The van der Waals surface area contributed by atoms with E-state index in [2.05, 4.69) is 4.99 Å². The Morgan fingerprint density at radius 1 is 1.07 bits per heavy atom. The molecule has 0 radical (unpaired) electrons. The zero-order valence-corrected chi connectivity index (χ0v) is 27.3. The van der Waals surface area contributed by atoms with Gasteiger partial charge in [0, 0.05) is 23.1 Å². The smallest absolute Gasteiger partial charge is 0.356 e. The summed E-state index contributed by atoms with van der Waals surface area (Å²) in [4.78, 5) is 32.6. The second-order valence-corrected chi connectivity index (χ2v) is 16.4. The van der Waals surface area contributed by atoms with Crippen LogP contribution in [0.2, 0.25) is 0 Å². The number of fused-ring (bicyclic) bond motifs is 1. The molecule has 2 aromatic rings. The van der Waals surface area contributed by atoms with E-state index in [1.165, 1.54) is 35.7 Å². The standard InChI is InChI=1S/C32H40N2O6S2/c1-18-10-12-22(13-11-18)42(38,39)20(3)40-30(37)26-19(2)17-41-29-25(28(36)34(26)29)33-16-21-14-23(31(4,5)6)27(35)24(15-21)32(7,8)9/h10-16,20,25,29,35H,17H2,1-9H3/b33-16+/t20?,25-,29-/m1/s1. The van der Waals surface area contributed by atoms with Crippen molar-refractivity contribution < 1.29 is 27.9 Å². The number of sulfone groups is 1. The highest BCUT2D eigenvalue weighted by Crippen LogP contribution is 2.43. The Labute approximate surface area is 253 Å². The third-order valence-corrected chi connectivity index (χ3v) is 10.8. The number of phenols is 1. The SMILES string of the molecule is CC1=C(C(=O)OC(C)S(=O)(=O)c2ccc(C)cc2)N2C(=O)[C@@H](/N=C/c3cc(C(C)(C)C)c(O)c(C(C)(C)C)c3)[C@H]2SC1. The quantitative estimate of drug-likeness (QED) is 0.255. The van der Waals surface area contributed by atoms with E-state index in [0.29, 0.717) is 11.3 Å². The molecule has 3 atom stereocenters. The fraction of sp³-hybridized carbons (Fsp3) is 0.469. The van der Waals surface area contributed by atoms with Crippen LogP contribution < -0.4 is 0 Å². The fourth-order valence-electron chi connectivity index (χ4n) is 4.98. The number of hydrogen-bond donors (Lipinski definition) is 1. The monoisotopic (exact) mass is 612 g/mol. The Morgan fingerprint density at radius 3 is 2.14 bits per heavy atom. The van der Waals surface area contributed by atoms with Crippen molar-refractivity contribution in [3.05, 3.63) is 69.9 Å². The molecule has 226 valence electrons. The first kappa shape index (κ1) is 31.8. The molecule has 2 aliphatic rings. The molecule has 42 heavy (non-hydrogen) atoms. The summed E-state index contributed by atoms with van der Waals surface area (Å²) in [6.45, 7) is 17.1. The highest BCUT2D eigenvalue weighted by Gasteiger charge is 2.53. The number of rotatable bonds is 6. The van der Waals surface area contributed by atoms with Gasteiger partial charge in [-0.05, 0) is 67.0 Å². The second kappa shape index (κ2) is 11.2. The van der Waals surface area contributed by atoms with Crippen molar-refractivity contribution in [3.63, 3.8) is 0 Å². The van der Waals surface area contributed by atoms with E-state index in [4.69, 9.17) is 4.74 Å². The Hall–Kier alpha value is -3.11. The number of esters is 1. The molecule has 2 aromatic carbocycles. The van der Waals surface area contributed by atoms with Gasteiger partial charge in [0.1, 0.15) is 16.8 Å². The predicted octanol–water partition coefficient (Wildman–Crippen LogP) is 5.64. The van der Waals surface area contributed by atoms with Crippen LogP contribution in [-0.4, -0.2) is 59.1 Å². The normalized spacial score (nSPS) is 20.4. The van der Waals surface area contributed by atoms with Gasteiger partial charge in [-0.25, -0.2) is 13.2 Å². The highest BCUT2D eigenvalue weighted by molar-refractivity contribution is 8.00. The number of benzene rings is 2. The van der Waals surface area contributed by atoms with Crippen LogP contribution in [0, 0.1) is 6.92 Å². The molecule has 8 nitrogen and oxygen atoms in total. The Bertz CT molecular complexity index is 1540. The Balaban J connectivity index is 1.55. The van der Waals surface area contributed by atoms with Crippen LogP contribution in [0.15, 0.2) is 57.6 Å². The second-order valence-electron chi connectivity index (χ2n) is 13.1. The van der Waals surface area contributed by atoms with Gasteiger partial charge in [0.05, 0.1) is 4.90 Å². The van der Waals surface area contributed by atoms with Crippen LogP contribution in [0.25, 0.3) is 0 Å². The molecule has 0 aromatic heterocycles. The molecule has 0 spiro atoms. The molecule has 0 saturated carbocycles. The Kier molecular flexibility index (Phi) is 8.48. The summed E-state index contributed by atoms with van der Waals surface area (Å²) in [7, 11) is -3.93. The van der Waals surface area contributed by atoms with Crippen molar-refractivity contribution in [2.45, 2.75) is 94.9 Å². The number of aryl methyl sites for hydroxylation is 1. The summed E-state index contributed by atoms with van der Waals surface area (Å²) in [6, 6.07) is 9.42. The maximum absolute atomic E-state index is 13.3. The van der Waals surface area contributed by atoms with Crippen LogP contribution in [0.5, 0.6) is 5.75 Å². The number of carbonyl (C=O) groups excluding carboxylic acids is 2. The predicted molar refractivity (Wildman–Crippen MR) is 167 cm³/mol. The molecular formula is C32H40N2O6S2. The van der Waals surface area contributed by atoms with E-state index in [9.17, 15) is 23.1 Å². The number of carbonyl (C=O) groups is 2. The lowest BCUT2D eigenvalue weighted by atomic mass is 9.78. The third-order valence-electron chi connectivity index (χ3n) is 7.52. The van der Waals surface area contributed by atoms with Gasteiger partial charge in [0.2, 0.25) is 15.3 Å². The lowest BCUT2D eigenvalue weighted by Gasteiger charge is -2.47. The molecule has 1 unspecified atom stereocenters. The molecule has 2 heterocycles. The van der Waals surface area contributed by atoms with Crippen molar-refractivity contribution in [2.24, 2.45) is 4.99 Å². The molecule has 4 rings (SSSR count). The summed E-state index contributed by atoms with van der Waals surface area (Å²) in [6.07, 6.45) is 1.66. The van der Waals surface area contributed by atoms with Crippen LogP contribution >= 0.6 is 11.8 Å². The summed E-state index contributed by atoms with van der Waals surface area (Å²) in [5, 5.41) is 10.6. The molecule has 0 bridgehead atoms. The van der Waals surface area contributed by atoms with Crippen molar-refractivity contribution >= 4 is 39.7 Å². The topological polar surface area (TPSA) is 113 Å². The number of thioether (sulfide) groups is 1. The minimum atomic E-state index is -3.93. The fourth-order valence-corrected chi connectivity index (χ4v) is 7.37. The summed E-state index contributed by atoms with van der Waals surface area (Å²) < 4.78 is 31.5. The van der Waals surface area contributed by atoms with Crippen LogP contribution in [0.1, 0.15) is 77.6 Å². The molecule has 1 N–H and O–H groups in total. The van der Waals surface area contributed by atoms with Gasteiger partial charge in [-0.2, -0.15) is 0 Å². The van der Waals surface area contributed by atoms with Gasteiger partial charge in [-0.3, -0.25) is 14.7 Å². The zero-order chi connectivity index (χ0) is 31.4. The van der Waals surface area contributed by atoms with Crippen LogP contribution in [0.3, 0.4) is 0 Å². The lowest BCUT2D eigenvalue weighted by Crippen LogP contribution is -2.64. The van der Waals surface area contributed by atoms with Crippen molar-refractivity contribution in [3.8, 4) is 5.75 Å². The maximum atomic E-state index is 13.3.